The zero-order valence-electron chi connectivity index (χ0n) is 16.4. The van der Waals surface area contributed by atoms with Crippen molar-refractivity contribution < 1.29 is 9.47 Å². The standard InChI is InChI=1S/C20H32ClN3O2.HI/c1-22-19(24-16-20(10-12-25-2)8-3-4-9-20)23-11-13-26-15-17-6-5-7-18(21)14-17;/h5-7,14H,3-4,8-13,15-16H2,1-2H3,(H2,22,23,24);1H. The minimum absolute atomic E-state index is 0. The van der Waals surface area contributed by atoms with Crippen LogP contribution in [0.4, 0.5) is 0 Å². The zero-order chi connectivity index (χ0) is 18.7. The number of guanidine groups is 1. The Morgan fingerprint density at radius 1 is 1.22 bits per heavy atom. The first-order valence-corrected chi connectivity index (χ1v) is 9.81. The van der Waals surface area contributed by atoms with E-state index in [1.807, 2.05) is 24.3 Å². The number of ether oxygens (including phenoxy) is 2. The van der Waals surface area contributed by atoms with Crippen LogP contribution in [0.1, 0.15) is 37.7 Å². The molecule has 0 unspecified atom stereocenters. The second-order valence-corrected chi connectivity index (χ2v) is 7.42. The van der Waals surface area contributed by atoms with E-state index in [0.29, 0.717) is 25.2 Å². The van der Waals surface area contributed by atoms with Gasteiger partial charge in [0, 0.05) is 38.9 Å². The summed E-state index contributed by atoms with van der Waals surface area (Å²) in [5, 5.41) is 7.55. The fraction of sp³-hybridized carbons (Fsp3) is 0.650. The summed E-state index contributed by atoms with van der Waals surface area (Å²) in [6.45, 7) is 3.66. The van der Waals surface area contributed by atoms with Crippen LogP contribution in [-0.4, -0.2) is 46.4 Å². The molecule has 1 aliphatic carbocycles. The third kappa shape index (κ3) is 8.98. The molecule has 0 saturated heterocycles. The molecule has 0 spiro atoms. The van der Waals surface area contributed by atoms with Crippen LogP contribution in [0.5, 0.6) is 0 Å². The molecule has 1 saturated carbocycles. The molecule has 0 heterocycles. The highest BCUT2D eigenvalue weighted by Gasteiger charge is 2.33. The smallest absolute Gasteiger partial charge is 0.191 e. The summed E-state index contributed by atoms with van der Waals surface area (Å²) in [5.74, 6) is 0.833. The summed E-state index contributed by atoms with van der Waals surface area (Å²) in [4.78, 5) is 4.32. The first-order chi connectivity index (χ1) is 12.7. The Bertz CT molecular complexity index is 566. The first kappa shape index (κ1) is 24.5. The molecule has 2 rings (SSSR count). The van der Waals surface area contributed by atoms with Gasteiger partial charge in [-0.05, 0) is 42.4 Å². The van der Waals surface area contributed by atoms with Gasteiger partial charge >= 0.3 is 0 Å². The molecule has 2 N–H and O–H groups in total. The summed E-state index contributed by atoms with van der Waals surface area (Å²) in [5.41, 5.74) is 1.43. The van der Waals surface area contributed by atoms with Crippen LogP contribution in [-0.2, 0) is 16.1 Å². The molecule has 0 aromatic heterocycles. The Morgan fingerprint density at radius 3 is 2.67 bits per heavy atom. The number of rotatable bonds is 10. The van der Waals surface area contributed by atoms with Crippen LogP contribution in [0.3, 0.4) is 0 Å². The van der Waals surface area contributed by atoms with E-state index in [-0.39, 0.29) is 24.0 Å². The Labute approximate surface area is 185 Å². The number of halogens is 2. The minimum Gasteiger partial charge on any atom is -0.385 e. The molecule has 27 heavy (non-hydrogen) atoms. The van der Waals surface area contributed by atoms with Gasteiger partial charge in [-0.25, -0.2) is 0 Å². The fourth-order valence-corrected chi connectivity index (χ4v) is 3.72. The van der Waals surface area contributed by atoms with E-state index in [0.717, 1.165) is 36.1 Å². The number of hydrogen-bond donors (Lipinski definition) is 2. The lowest BCUT2D eigenvalue weighted by molar-refractivity contribution is 0.125. The van der Waals surface area contributed by atoms with Gasteiger partial charge in [0.2, 0.25) is 0 Å². The van der Waals surface area contributed by atoms with E-state index in [9.17, 15) is 0 Å². The predicted molar refractivity (Wildman–Crippen MR) is 123 cm³/mol. The van der Waals surface area contributed by atoms with Gasteiger partial charge in [0.25, 0.3) is 0 Å². The van der Waals surface area contributed by atoms with Crippen molar-refractivity contribution in [1.82, 2.24) is 10.6 Å². The van der Waals surface area contributed by atoms with E-state index in [1.54, 1.807) is 14.2 Å². The second-order valence-electron chi connectivity index (χ2n) is 6.98. The average molecular weight is 510 g/mol. The maximum atomic E-state index is 5.98. The van der Waals surface area contributed by atoms with Crippen LogP contribution in [0.25, 0.3) is 0 Å². The van der Waals surface area contributed by atoms with Crippen molar-refractivity contribution in [3.63, 3.8) is 0 Å². The molecule has 0 atom stereocenters. The lowest BCUT2D eigenvalue weighted by Gasteiger charge is -2.29. The molecule has 1 aromatic rings. The highest BCUT2D eigenvalue weighted by Crippen LogP contribution is 2.40. The SMILES string of the molecule is CN=C(NCCOCc1cccc(Cl)c1)NCC1(CCOC)CCCC1.I. The van der Waals surface area contributed by atoms with Gasteiger partial charge < -0.3 is 20.1 Å². The Kier molecular flexibility index (Phi) is 12.3. The summed E-state index contributed by atoms with van der Waals surface area (Å²) < 4.78 is 11.0. The molecule has 0 amide bonds. The number of hydrogen-bond acceptors (Lipinski definition) is 3. The maximum Gasteiger partial charge on any atom is 0.191 e. The molecule has 1 aromatic carbocycles. The molecule has 0 aliphatic heterocycles. The average Bonchev–Trinajstić information content (AvgIpc) is 3.11. The first-order valence-electron chi connectivity index (χ1n) is 9.43. The van der Waals surface area contributed by atoms with Crippen molar-refractivity contribution in [2.45, 2.75) is 38.7 Å². The molecule has 154 valence electrons. The van der Waals surface area contributed by atoms with Crippen LogP contribution >= 0.6 is 35.6 Å². The van der Waals surface area contributed by atoms with Crippen molar-refractivity contribution in [3.05, 3.63) is 34.9 Å². The second kappa shape index (κ2) is 13.6. The van der Waals surface area contributed by atoms with Gasteiger partial charge in [-0.1, -0.05) is 36.6 Å². The normalized spacial score (nSPS) is 16.0. The van der Waals surface area contributed by atoms with Crippen molar-refractivity contribution in [1.29, 1.82) is 0 Å². The molecule has 5 nitrogen and oxygen atoms in total. The number of nitrogens with one attached hydrogen (secondary N) is 2. The number of aliphatic imine (C=N–C) groups is 1. The van der Waals surface area contributed by atoms with E-state index in [2.05, 4.69) is 15.6 Å². The van der Waals surface area contributed by atoms with Crippen LogP contribution in [0.2, 0.25) is 5.02 Å². The van der Waals surface area contributed by atoms with E-state index >= 15 is 0 Å². The van der Waals surface area contributed by atoms with Crippen molar-refractivity contribution in [2.75, 3.05) is 40.5 Å². The van der Waals surface area contributed by atoms with Crippen LogP contribution < -0.4 is 10.6 Å². The summed E-state index contributed by atoms with van der Waals surface area (Å²) in [7, 11) is 3.58. The third-order valence-corrected chi connectivity index (χ3v) is 5.29. The van der Waals surface area contributed by atoms with Gasteiger partial charge in [0.05, 0.1) is 13.2 Å². The lowest BCUT2D eigenvalue weighted by atomic mass is 9.83. The highest BCUT2D eigenvalue weighted by molar-refractivity contribution is 14.0. The Balaban J connectivity index is 0.00000364. The quantitative estimate of drug-likeness (QED) is 0.214. The molecule has 1 fully saturated rings. The van der Waals surface area contributed by atoms with Gasteiger partial charge in [-0.2, -0.15) is 0 Å². The lowest BCUT2D eigenvalue weighted by Crippen LogP contribution is -2.44. The summed E-state index contributed by atoms with van der Waals surface area (Å²) >= 11 is 5.98. The van der Waals surface area contributed by atoms with Gasteiger partial charge in [-0.15, -0.1) is 24.0 Å². The van der Waals surface area contributed by atoms with Crippen LogP contribution in [0.15, 0.2) is 29.3 Å². The number of benzene rings is 1. The monoisotopic (exact) mass is 509 g/mol. The van der Waals surface area contributed by atoms with E-state index in [4.69, 9.17) is 21.1 Å². The third-order valence-electron chi connectivity index (χ3n) is 5.05. The van der Waals surface area contributed by atoms with Gasteiger partial charge in [0.15, 0.2) is 5.96 Å². The molecule has 0 radical (unpaired) electrons. The highest BCUT2D eigenvalue weighted by atomic mass is 127. The van der Waals surface area contributed by atoms with E-state index in [1.165, 1.54) is 25.7 Å². The molecular formula is C20H33ClIN3O2. The Morgan fingerprint density at radius 2 is 2.00 bits per heavy atom. The predicted octanol–water partition coefficient (Wildman–Crippen LogP) is 4.24. The van der Waals surface area contributed by atoms with Crippen molar-refractivity contribution in [3.8, 4) is 0 Å². The molecule has 1 aliphatic rings. The van der Waals surface area contributed by atoms with Crippen molar-refractivity contribution in [2.24, 2.45) is 10.4 Å². The van der Waals surface area contributed by atoms with Gasteiger partial charge in [-0.3, -0.25) is 4.99 Å². The Hall–Kier alpha value is -0.570. The van der Waals surface area contributed by atoms with E-state index < -0.39 is 0 Å². The summed E-state index contributed by atoms with van der Waals surface area (Å²) in [6, 6.07) is 7.75. The fourth-order valence-electron chi connectivity index (χ4n) is 3.51. The maximum absolute atomic E-state index is 5.98. The number of methoxy groups -OCH3 is 1. The van der Waals surface area contributed by atoms with Crippen molar-refractivity contribution >= 4 is 41.5 Å². The summed E-state index contributed by atoms with van der Waals surface area (Å²) in [6.07, 6.45) is 6.27. The number of nitrogens with zero attached hydrogens (tertiary/aromatic N) is 1. The minimum atomic E-state index is 0. The molecular weight excluding hydrogens is 477 g/mol. The molecule has 7 heteroatoms. The largest absolute Gasteiger partial charge is 0.385 e. The molecule has 0 bridgehead atoms. The topological polar surface area (TPSA) is 54.9 Å². The van der Waals surface area contributed by atoms with Gasteiger partial charge in [0.1, 0.15) is 0 Å². The zero-order valence-corrected chi connectivity index (χ0v) is 19.5. The van der Waals surface area contributed by atoms with Crippen LogP contribution in [0, 0.1) is 5.41 Å².